The van der Waals surface area contributed by atoms with E-state index < -0.39 is 17.6 Å². The molecule has 0 aliphatic rings. The number of carbonyl (C=O) groups is 1. The molecule has 0 fully saturated rings. The first kappa shape index (κ1) is 23.6. The molecule has 1 N–H and O–H groups in total. The number of benzene rings is 1. The van der Waals surface area contributed by atoms with Gasteiger partial charge in [0, 0.05) is 24.2 Å². The van der Waals surface area contributed by atoms with Crippen LogP contribution in [-0.2, 0) is 18.4 Å². The average molecular weight is 480 g/mol. The van der Waals surface area contributed by atoms with E-state index in [0.717, 1.165) is 12.1 Å². The van der Waals surface area contributed by atoms with Crippen molar-refractivity contribution < 1.29 is 23.4 Å². The largest absolute Gasteiger partial charge is 0.481 e. The van der Waals surface area contributed by atoms with E-state index in [1.165, 1.54) is 27.9 Å². The first-order valence-corrected chi connectivity index (χ1v) is 9.26. The summed E-state index contributed by atoms with van der Waals surface area (Å²) >= 11 is 0. The van der Waals surface area contributed by atoms with Gasteiger partial charge in [-0.3, -0.25) is 4.79 Å². The molecule has 0 saturated heterocycles. The van der Waals surface area contributed by atoms with Crippen LogP contribution in [0, 0.1) is 11.6 Å². The molecular weight excluding hydrogens is 464 g/mol. The second-order valence-corrected chi connectivity index (χ2v) is 6.56. The van der Waals surface area contributed by atoms with Crippen molar-refractivity contribution in [2.75, 3.05) is 0 Å². The van der Waals surface area contributed by atoms with Crippen molar-refractivity contribution in [2.24, 2.45) is 7.05 Å². The van der Waals surface area contributed by atoms with Gasteiger partial charge in [-0.2, -0.15) is 9.59 Å². The van der Waals surface area contributed by atoms with Gasteiger partial charge in [0.15, 0.2) is 5.82 Å². The van der Waals surface area contributed by atoms with E-state index in [9.17, 15) is 13.6 Å². The van der Waals surface area contributed by atoms with Crippen LogP contribution in [0.2, 0.25) is 0 Å². The van der Waals surface area contributed by atoms with Crippen LogP contribution in [0.1, 0.15) is 12.8 Å². The fourth-order valence-corrected chi connectivity index (χ4v) is 2.69. The van der Waals surface area contributed by atoms with Crippen molar-refractivity contribution >= 4 is 18.4 Å². The molecule has 0 amide bonds. The highest BCUT2D eigenvalue weighted by atomic mass is 35.5. The SMILES string of the molecule is Cl.Cn1nnc(-c2cnc(Oc3ccc(-c4nnn(CCCC(=O)O)n4)c(F)c3)c(F)c2)n1. The molecule has 4 rings (SSSR count). The molecule has 15 heteroatoms. The first-order valence-electron chi connectivity index (χ1n) is 9.26. The second-order valence-electron chi connectivity index (χ2n) is 6.56. The highest BCUT2D eigenvalue weighted by Gasteiger charge is 2.16. The lowest BCUT2D eigenvalue weighted by molar-refractivity contribution is -0.137. The fraction of sp³-hybridized carbons (Fsp3) is 0.222. The van der Waals surface area contributed by atoms with Crippen LogP contribution >= 0.6 is 12.4 Å². The Labute approximate surface area is 190 Å². The monoisotopic (exact) mass is 479 g/mol. The molecule has 0 aliphatic heterocycles. The van der Waals surface area contributed by atoms with Gasteiger partial charge in [0.1, 0.15) is 11.6 Å². The van der Waals surface area contributed by atoms with Gasteiger partial charge >= 0.3 is 5.97 Å². The second kappa shape index (κ2) is 10.0. The van der Waals surface area contributed by atoms with Crippen LogP contribution in [0.5, 0.6) is 11.6 Å². The smallest absolute Gasteiger partial charge is 0.303 e. The van der Waals surface area contributed by atoms with Gasteiger partial charge in [0.2, 0.25) is 11.6 Å². The minimum absolute atomic E-state index is 0. The molecule has 0 bridgehead atoms. The molecule has 172 valence electrons. The highest BCUT2D eigenvalue weighted by Crippen LogP contribution is 2.28. The molecule has 0 unspecified atom stereocenters. The Morgan fingerprint density at radius 2 is 1.88 bits per heavy atom. The van der Waals surface area contributed by atoms with Gasteiger partial charge in [-0.25, -0.2) is 13.8 Å². The molecule has 33 heavy (non-hydrogen) atoms. The molecule has 3 aromatic heterocycles. The number of tetrazole rings is 2. The molecule has 0 radical (unpaired) electrons. The maximum absolute atomic E-state index is 14.6. The Balaban J connectivity index is 0.00000306. The number of ether oxygens (including phenoxy) is 1. The molecule has 12 nitrogen and oxygen atoms in total. The van der Waals surface area contributed by atoms with Crippen LogP contribution in [0.4, 0.5) is 8.78 Å². The molecule has 0 atom stereocenters. The number of aryl methyl sites for hydroxylation is 2. The summed E-state index contributed by atoms with van der Waals surface area (Å²) < 4.78 is 34.3. The maximum Gasteiger partial charge on any atom is 0.303 e. The molecular formula is C18H16ClF2N9O3. The van der Waals surface area contributed by atoms with E-state index in [-0.39, 0.29) is 54.2 Å². The molecule has 0 spiro atoms. The third-order valence-corrected chi connectivity index (χ3v) is 4.17. The van der Waals surface area contributed by atoms with Crippen LogP contribution in [-0.4, -0.2) is 56.5 Å². The van der Waals surface area contributed by atoms with Crippen molar-refractivity contribution in [3.05, 3.63) is 42.1 Å². The predicted molar refractivity (Wildman–Crippen MR) is 109 cm³/mol. The Hall–Kier alpha value is -4.07. The number of hydrogen-bond acceptors (Lipinski definition) is 9. The number of nitrogens with zero attached hydrogens (tertiary/aromatic N) is 9. The Bertz CT molecular complexity index is 1280. The standard InChI is InChI=1S/C18H15F2N9O3.ClH/c1-28-24-16(22-26-28)10-7-14(20)18(21-9-10)32-11-4-5-12(13(19)8-11)17-23-27-29(25-17)6-2-3-15(30)31;/h4-5,7-9H,2-3,6H2,1H3,(H,30,31);1H. The lowest BCUT2D eigenvalue weighted by atomic mass is 10.2. The van der Waals surface area contributed by atoms with E-state index in [0.29, 0.717) is 12.0 Å². The Morgan fingerprint density at radius 1 is 1.09 bits per heavy atom. The minimum atomic E-state index is -0.932. The summed E-state index contributed by atoms with van der Waals surface area (Å²) in [7, 11) is 1.57. The fourth-order valence-electron chi connectivity index (χ4n) is 2.69. The number of carboxylic acids is 1. The summed E-state index contributed by atoms with van der Waals surface area (Å²) in [6.45, 7) is 0.229. The van der Waals surface area contributed by atoms with E-state index >= 15 is 0 Å². The summed E-state index contributed by atoms with van der Waals surface area (Å²) in [5, 5.41) is 31.7. The van der Waals surface area contributed by atoms with E-state index in [2.05, 4.69) is 35.8 Å². The van der Waals surface area contributed by atoms with Gasteiger partial charge < -0.3 is 9.84 Å². The lowest BCUT2D eigenvalue weighted by Gasteiger charge is -2.07. The third kappa shape index (κ3) is 5.60. The van der Waals surface area contributed by atoms with Gasteiger partial charge in [0.25, 0.3) is 5.88 Å². The third-order valence-electron chi connectivity index (χ3n) is 4.17. The predicted octanol–water partition coefficient (Wildman–Crippen LogP) is 2.28. The molecule has 1 aromatic carbocycles. The summed E-state index contributed by atoms with van der Waals surface area (Å²) in [6.07, 6.45) is 1.58. The number of hydrogen-bond donors (Lipinski definition) is 1. The molecule has 4 aromatic rings. The van der Waals surface area contributed by atoms with Gasteiger partial charge in [0.05, 0.1) is 19.2 Å². The van der Waals surface area contributed by atoms with Crippen LogP contribution < -0.4 is 4.74 Å². The summed E-state index contributed by atoms with van der Waals surface area (Å²) in [5.74, 6) is -2.56. The topological polar surface area (TPSA) is 147 Å². The lowest BCUT2D eigenvalue weighted by Crippen LogP contribution is -2.05. The van der Waals surface area contributed by atoms with Crippen molar-refractivity contribution in [1.82, 2.24) is 45.4 Å². The summed E-state index contributed by atoms with van der Waals surface area (Å²) in [6, 6.07) is 4.94. The molecule has 0 saturated carbocycles. The van der Waals surface area contributed by atoms with E-state index in [1.54, 1.807) is 7.05 Å². The normalized spacial score (nSPS) is 10.6. The Morgan fingerprint density at radius 3 is 2.55 bits per heavy atom. The number of aromatic nitrogens is 9. The van der Waals surface area contributed by atoms with Gasteiger partial charge in [-0.05, 0) is 35.0 Å². The van der Waals surface area contributed by atoms with Crippen molar-refractivity contribution in [3.63, 3.8) is 0 Å². The number of aliphatic carboxylic acids is 1. The zero-order chi connectivity index (χ0) is 22.7. The van der Waals surface area contributed by atoms with Gasteiger partial charge in [-0.1, -0.05) is 0 Å². The summed E-state index contributed by atoms with van der Waals surface area (Å²) in [4.78, 5) is 16.9. The first-order chi connectivity index (χ1) is 15.4. The zero-order valence-corrected chi connectivity index (χ0v) is 17.8. The summed E-state index contributed by atoms with van der Waals surface area (Å²) in [5.41, 5.74) is 0.362. The number of halogens is 3. The highest BCUT2D eigenvalue weighted by molar-refractivity contribution is 5.85. The van der Waals surface area contributed by atoms with Crippen LogP contribution in [0.3, 0.4) is 0 Å². The number of carboxylic acid groups (broad SMARTS) is 1. The zero-order valence-electron chi connectivity index (χ0n) is 17.0. The van der Waals surface area contributed by atoms with Crippen molar-refractivity contribution in [2.45, 2.75) is 19.4 Å². The quantitative estimate of drug-likeness (QED) is 0.399. The minimum Gasteiger partial charge on any atom is -0.481 e. The van der Waals surface area contributed by atoms with Crippen molar-refractivity contribution in [3.8, 4) is 34.4 Å². The van der Waals surface area contributed by atoms with Crippen LogP contribution in [0.15, 0.2) is 30.5 Å². The average Bonchev–Trinajstić information content (AvgIpc) is 3.39. The van der Waals surface area contributed by atoms with E-state index in [1.807, 2.05) is 0 Å². The van der Waals surface area contributed by atoms with E-state index in [4.69, 9.17) is 9.84 Å². The van der Waals surface area contributed by atoms with Crippen molar-refractivity contribution in [1.29, 1.82) is 0 Å². The van der Waals surface area contributed by atoms with Crippen LogP contribution in [0.25, 0.3) is 22.8 Å². The molecule has 3 heterocycles. The molecule has 0 aliphatic carbocycles. The number of pyridine rings is 1. The van der Waals surface area contributed by atoms with Gasteiger partial charge in [-0.15, -0.1) is 32.8 Å². The Kier molecular flexibility index (Phi) is 7.17. The maximum atomic E-state index is 14.6. The number of rotatable bonds is 8.